The molecule has 0 unspecified atom stereocenters. The maximum Gasteiger partial charge on any atom is 0.143 e. The molecule has 0 fully saturated rings. The van der Waals surface area contributed by atoms with E-state index in [2.05, 4.69) is 84.9 Å². The van der Waals surface area contributed by atoms with Crippen LogP contribution >= 0.6 is 11.6 Å². The molecule has 0 saturated carbocycles. The molecule has 0 aliphatic heterocycles. The zero-order valence-electron chi connectivity index (χ0n) is 17.6. The van der Waals surface area contributed by atoms with E-state index in [9.17, 15) is 0 Å². The summed E-state index contributed by atoms with van der Waals surface area (Å²) in [5.74, 6) is 0. The van der Waals surface area contributed by atoms with E-state index in [-0.39, 0.29) is 5.41 Å². The van der Waals surface area contributed by atoms with E-state index in [0.29, 0.717) is 0 Å². The average molecular weight is 441 g/mol. The van der Waals surface area contributed by atoms with E-state index < -0.39 is 0 Å². The van der Waals surface area contributed by atoms with Crippen LogP contribution in [0.2, 0.25) is 5.02 Å². The van der Waals surface area contributed by atoms with Crippen molar-refractivity contribution in [2.24, 2.45) is 0 Å². The van der Waals surface area contributed by atoms with Gasteiger partial charge in [0.1, 0.15) is 11.2 Å². The van der Waals surface area contributed by atoms with Gasteiger partial charge in [0, 0.05) is 16.3 Å². The summed E-state index contributed by atoms with van der Waals surface area (Å²) in [6, 6.07) is 36.9. The summed E-state index contributed by atoms with van der Waals surface area (Å²) in [4.78, 5) is 0. The van der Waals surface area contributed by atoms with Crippen LogP contribution in [-0.2, 0) is 5.41 Å². The van der Waals surface area contributed by atoms with Crippen LogP contribution < -0.4 is 0 Å². The van der Waals surface area contributed by atoms with Crippen LogP contribution in [-0.4, -0.2) is 0 Å². The lowest BCUT2D eigenvalue weighted by atomic mass is 9.70. The predicted molar refractivity (Wildman–Crippen MR) is 135 cm³/mol. The van der Waals surface area contributed by atoms with Gasteiger partial charge in [0.2, 0.25) is 0 Å². The van der Waals surface area contributed by atoms with Crippen LogP contribution in [0.1, 0.15) is 22.3 Å². The van der Waals surface area contributed by atoms with Gasteiger partial charge in [-0.2, -0.15) is 0 Å². The first-order valence-corrected chi connectivity index (χ1v) is 11.6. The molecule has 1 heterocycles. The molecule has 6 aromatic rings. The molecular weight excluding hydrogens is 424 g/mol. The van der Waals surface area contributed by atoms with E-state index in [1.54, 1.807) is 0 Å². The smallest absolute Gasteiger partial charge is 0.143 e. The fourth-order valence-corrected chi connectivity index (χ4v) is 6.68. The molecule has 0 atom stereocenters. The van der Waals surface area contributed by atoms with Crippen molar-refractivity contribution in [3.63, 3.8) is 0 Å². The minimum absolute atomic E-state index is 0.351. The molecule has 0 saturated heterocycles. The molecule has 5 aromatic carbocycles. The Labute approximate surface area is 195 Å². The first-order valence-electron chi connectivity index (χ1n) is 11.2. The Kier molecular flexibility index (Phi) is 3.19. The van der Waals surface area contributed by atoms with Crippen LogP contribution in [0.3, 0.4) is 0 Å². The van der Waals surface area contributed by atoms with Crippen LogP contribution in [0, 0.1) is 0 Å². The number of fused-ring (bicyclic) bond motifs is 14. The molecule has 2 aliphatic carbocycles. The number of benzene rings is 5. The molecule has 2 heteroatoms. The number of hydrogen-bond donors (Lipinski definition) is 0. The van der Waals surface area contributed by atoms with E-state index in [0.717, 1.165) is 27.0 Å². The van der Waals surface area contributed by atoms with Crippen molar-refractivity contribution in [3.05, 3.63) is 130 Å². The topological polar surface area (TPSA) is 13.1 Å². The molecule has 0 radical (unpaired) electrons. The molecule has 2 aliphatic rings. The molecular formula is C31H17ClO. The number of hydrogen-bond acceptors (Lipinski definition) is 1. The van der Waals surface area contributed by atoms with Gasteiger partial charge in [-0.05, 0) is 51.1 Å². The van der Waals surface area contributed by atoms with Gasteiger partial charge < -0.3 is 4.42 Å². The van der Waals surface area contributed by atoms with Gasteiger partial charge in [-0.3, -0.25) is 0 Å². The molecule has 33 heavy (non-hydrogen) atoms. The molecule has 0 N–H and O–H groups in total. The quantitative estimate of drug-likeness (QED) is 0.230. The van der Waals surface area contributed by atoms with Gasteiger partial charge >= 0.3 is 0 Å². The van der Waals surface area contributed by atoms with Crippen LogP contribution in [0.4, 0.5) is 0 Å². The number of rotatable bonds is 0. The highest BCUT2D eigenvalue weighted by atomic mass is 35.5. The summed E-state index contributed by atoms with van der Waals surface area (Å²) in [7, 11) is 0. The summed E-state index contributed by atoms with van der Waals surface area (Å²) in [5, 5.41) is 2.78. The van der Waals surface area contributed by atoms with Crippen molar-refractivity contribution in [1.29, 1.82) is 0 Å². The minimum atomic E-state index is -0.351. The van der Waals surface area contributed by atoms with Crippen LogP contribution in [0.15, 0.2) is 108 Å². The monoisotopic (exact) mass is 440 g/mol. The molecule has 1 spiro atoms. The Balaban J connectivity index is 1.62. The Morgan fingerprint density at radius 3 is 1.85 bits per heavy atom. The van der Waals surface area contributed by atoms with Gasteiger partial charge in [-0.25, -0.2) is 0 Å². The Hall–Kier alpha value is -3.81. The molecule has 1 nitrogen and oxygen atoms in total. The minimum Gasteiger partial charge on any atom is -0.455 e. The molecule has 1 aromatic heterocycles. The van der Waals surface area contributed by atoms with E-state index in [1.807, 2.05) is 18.2 Å². The fourth-order valence-electron chi connectivity index (χ4n) is 6.41. The van der Waals surface area contributed by atoms with Crippen molar-refractivity contribution in [2.75, 3.05) is 0 Å². The summed E-state index contributed by atoms with van der Waals surface area (Å²) < 4.78 is 6.53. The lowest BCUT2D eigenvalue weighted by Crippen LogP contribution is -2.25. The SMILES string of the molecule is Clc1cccc2oc3c4c(ccc3c12)C1(c2ccccc2-c2ccccc21)c1ccccc1-4. The third-order valence-corrected chi connectivity index (χ3v) is 7.89. The van der Waals surface area contributed by atoms with Gasteiger partial charge in [-0.15, -0.1) is 0 Å². The summed E-state index contributed by atoms with van der Waals surface area (Å²) >= 11 is 6.62. The normalized spacial score (nSPS) is 14.5. The van der Waals surface area contributed by atoms with Crippen LogP contribution in [0.5, 0.6) is 0 Å². The third kappa shape index (κ3) is 1.93. The molecule has 8 rings (SSSR count). The first kappa shape index (κ1) is 17.7. The summed E-state index contributed by atoms with van der Waals surface area (Å²) in [6.45, 7) is 0. The second-order valence-electron chi connectivity index (χ2n) is 8.97. The standard InChI is InChI=1S/C31H17ClO/c32-26-14-7-15-27-29(26)21-16-17-25-28(30(21)33-27)20-10-3-6-13-24(20)31(25)22-11-4-1-8-18(22)19-9-2-5-12-23(19)31/h1-17H. The van der Waals surface area contributed by atoms with Gasteiger partial charge in [0.05, 0.1) is 10.4 Å². The maximum atomic E-state index is 6.62. The second-order valence-corrected chi connectivity index (χ2v) is 9.37. The largest absolute Gasteiger partial charge is 0.455 e. The van der Waals surface area contributed by atoms with Crippen molar-refractivity contribution < 1.29 is 4.42 Å². The summed E-state index contributed by atoms with van der Waals surface area (Å²) in [6.07, 6.45) is 0. The number of furan rings is 1. The predicted octanol–water partition coefficient (Wildman–Crippen LogP) is 8.58. The lowest BCUT2D eigenvalue weighted by Gasteiger charge is -2.30. The van der Waals surface area contributed by atoms with Gasteiger partial charge in [0.15, 0.2) is 0 Å². The molecule has 0 amide bonds. The first-order chi connectivity index (χ1) is 16.3. The zero-order valence-corrected chi connectivity index (χ0v) is 18.4. The Bertz CT molecular complexity index is 1740. The maximum absolute atomic E-state index is 6.62. The zero-order chi connectivity index (χ0) is 21.7. The van der Waals surface area contributed by atoms with E-state index in [4.69, 9.17) is 16.0 Å². The highest BCUT2D eigenvalue weighted by Crippen LogP contribution is 2.63. The Morgan fingerprint density at radius 2 is 1.15 bits per heavy atom. The van der Waals surface area contributed by atoms with Crippen molar-refractivity contribution in [3.8, 4) is 22.3 Å². The van der Waals surface area contributed by atoms with Gasteiger partial charge in [0.25, 0.3) is 0 Å². The van der Waals surface area contributed by atoms with Crippen molar-refractivity contribution in [1.82, 2.24) is 0 Å². The van der Waals surface area contributed by atoms with E-state index >= 15 is 0 Å². The third-order valence-electron chi connectivity index (χ3n) is 7.57. The van der Waals surface area contributed by atoms with Crippen molar-refractivity contribution in [2.45, 2.75) is 5.41 Å². The molecule has 0 bridgehead atoms. The highest BCUT2D eigenvalue weighted by molar-refractivity contribution is 6.38. The second kappa shape index (κ2) is 5.95. The summed E-state index contributed by atoms with van der Waals surface area (Å²) in [5.41, 5.74) is 11.7. The van der Waals surface area contributed by atoms with Gasteiger partial charge in [-0.1, -0.05) is 103 Å². The fraction of sp³-hybridized carbons (Fsp3) is 0.0323. The van der Waals surface area contributed by atoms with E-state index in [1.165, 1.54) is 44.5 Å². The Morgan fingerprint density at radius 1 is 0.545 bits per heavy atom. The number of halogens is 1. The highest BCUT2D eigenvalue weighted by Gasteiger charge is 2.52. The average Bonchev–Trinajstić information content (AvgIpc) is 3.48. The lowest BCUT2D eigenvalue weighted by molar-refractivity contribution is 0.669. The van der Waals surface area contributed by atoms with Crippen LogP contribution in [0.25, 0.3) is 44.2 Å². The van der Waals surface area contributed by atoms with Crippen molar-refractivity contribution >= 4 is 33.5 Å². The molecule has 154 valence electrons.